The standard InChI is InChI=1S/C29H24ClN3O8/c1-37-26-10-8-19(28(33-26)38-2)17-5-9-25(31-15-17)32-27(34)16-3-6-18(7-4-16)40-24-14-23-20(13-21(24)30)22(11-12-39-23)41-29(35)36/h3-10,13-15,22H,11-12H2,1-2H3,(H,35,36)(H,31,32,34). The minimum atomic E-state index is -1.37. The second-order valence-electron chi connectivity index (χ2n) is 8.75. The number of anilines is 1. The van der Waals surface area contributed by atoms with Gasteiger partial charge in [-0.15, -0.1) is 0 Å². The minimum Gasteiger partial charge on any atom is -0.493 e. The molecule has 0 saturated carbocycles. The second-order valence-corrected chi connectivity index (χ2v) is 9.16. The maximum atomic E-state index is 12.8. The highest BCUT2D eigenvalue weighted by atomic mass is 35.5. The fourth-order valence-corrected chi connectivity index (χ4v) is 4.42. The van der Waals surface area contributed by atoms with Crippen LogP contribution in [-0.2, 0) is 4.74 Å². The van der Waals surface area contributed by atoms with Crippen LogP contribution in [0.1, 0.15) is 28.4 Å². The van der Waals surface area contributed by atoms with Crippen LogP contribution in [0.5, 0.6) is 29.0 Å². The lowest BCUT2D eigenvalue weighted by Gasteiger charge is -2.25. The zero-order valence-corrected chi connectivity index (χ0v) is 22.7. The SMILES string of the molecule is COc1ccc(-c2ccc(NC(=O)c3ccc(Oc4cc5c(cc4Cl)C(OC(=O)O)CCO5)cc3)nc2)c(OC)n1. The van der Waals surface area contributed by atoms with Crippen LogP contribution in [0.15, 0.2) is 66.9 Å². The molecule has 210 valence electrons. The Hall–Kier alpha value is -5.03. The van der Waals surface area contributed by atoms with Gasteiger partial charge in [0.15, 0.2) is 0 Å². The number of benzene rings is 2. The molecule has 0 spiro atoms. The van der Waals surface area contributed by atoms with Crippen molar-refractivity contribution in [1.29, 1.82) is 0 Å². The molecule has 2 aromatic carbocycles. The monoisotopic (exact) mass is 577 g/mol. The van der Waals surface area contributed by atoms with E-state index in [1.54, 1.807) is 60.8 Å². The first-order valence-electron chi connectivity index (χ1n) is 12.3. The van der Waals surface area contributed by atoms with Gasteiger partial charge in [0.25, 0.3) is 5.91 Å². The molecule has 1 amide bonds. The summed E-state index contributed by atoms with van der Waals surface area (Å²) in [6, 6.07) is 16.6. The molecule has 5 rings (SSSR count). The first-order chi connectivity index (χ1) is 19.8. The maximum Gasteiger partial charge on any atom is 0.506 e. The number of nitrogens with one attached hydrogen (secondary N) is 1. The van der Waals surface area contributed by atoms with Crippen molar-refractivity contribution in [1.82, 2.24) is 9.97 Å². The predicted molar refractivity (Wildman–Crippen MR) is 148 cm³/mol. The van der Waals surface area contributed by atoms with Gasteiger partial charge in [-0.1, -0.05) is 11.6 Å². The number of halogens is 1. The summed E-state index contributed by atoms with van der Waals surface area (Å²) in [5.41, 5.74) is 2.41. The summed E-state index contributed by atoms with van der Waals surface area (Å²) in [4.78, 5) is 32.4. The van der Waals surface area contributed by atoms with Crippen LogP contribution in [-0.4, -0.2) is 48.0 Å². The Bertz CT molecular complexity index is 1580. The number of carbonyl (C=O) groups is 2. The molecule has 41 heavy (non-hydrogen) atoms. The average Bonchev–Trinajstić information content (AvgIpc) is 2.98. The molecule has 0 bridgehead atoms. The number of aromatic nitrogens is 2. The highest BCUT2D eigenvalue weighted by molar-refractivity contribution is 6.32. The van der Waals surface area contributed by atoms with E-state index in [9.17, 15) is 9.59 Å². The summed E-state index contributed by atoms with van der Waals surface area (Å²) in [5.74, 6) is 2.01. The van der Waals surface area contributed by atoms with Gasteiger partial charge >= 0.3 is 6.16 Å². The van der Waals surface area contributed by atoms with Crippen LogP contribution in [0.3, 0.4) is 0 Å². The maximum absolute atomic E-state index is 12.8. The summed E-state index contributed by atoms with van der Waals surface area (Å²) in [6.45, 7) is 0.292. The van der Waals surface area contributed by atoms with E-state index in [1.807, 2.05) is 6.07 Å². The molecule has 2 N–H and O–H groups in total. The fraction of sp³-hybridized carbons (Fsp3) is 0.172. The number of rotatable bonds is 8. The number of methoxy groups -OCH3 is 2. The lowest BCUT2D eigenvalue weighted by molar-refractivity contribution is 0.0326. The van der Waals surface area contributed by atoms with Crippen LogP contribution >= 0.6 is 11.6 Å². The number of carbonyl (C=O) groups excluding carboxylic acids is 1. The van der Waals surface area contributed by atoms with Gasteiger partial charge in [-0.25, -0.2) is 9.78 Å². The van der Waals surface area contributed by atoms with E-state index in [1.165, 1.54) is 14.2 Å². The van der Waals surface area contributed by atoms with Crippen molar-refractivity contribution >= 4 is 29.5 Å². The quantitative estimate of drug-likeness (QED) is 0.227. The Kier molecular flexibility index (Phi) is 8.06. The predicted octanol–water partition coefficient (Wildman–Crippen LogP) is 6.38. The van der Waals surface area contributed by atoms with Gasteiger partial charge < -0.3 is 34.1 Å². The number of fused-ring (bicyclic) bond motifs is 1. The third-order valence-electron chi connectivity index (χ3n) is 6.19. The molecule has 11 nitrogen and oxygen atoms in total. The number of hydrogen-bond acceptors (Lipinski definition) is 9. The third-order valence-corrected chi connectivity index (χ3v) is 6.48. The number of ether oxygens (including phenoxy) is 5. The number of amides is 1. The van der Waals surface area contributed by atoms with E-state index < -0.39 is 12.3 Å². The first-order valence-corrected chi connectivity index (χ1v) is 12.7. The number of nitrogens with zero attached hydrogens (tertiary/aromatic N) is 2. The molecule has 1 atom stereocenters. The summed E-state index contributed by atoms with van der Waals surface area (Å²) < 4.78 is 27.0. The summed E-state index contributed by atoms with van der Waals surface area (Å²) in [7, 11) is 3.05. The average molecular weight is 578 g/mol. The highest BCUT2D eigenvalue weighted by Gasteiger charge is 2.27. The van der Waals surface area contributed by atoms with Crippen LogP contribution in [0, 0.1) is 0 Å². The first kappa shape index (κ1) is 27.5. The van der Waals surface area contributed by atoms with E-state index in [4.69, 9.17) is 40.4 Å². The molecule has 2 aromatic heterocycles. The molecule has 1 aliphatic rings. The molecule has 3 heterocycles. The summed E-state index contributed by atoms with van der Waals surface area (Å²) in [5, 5.41) is 12.0. The molecular formula is C29H24ClN3O8. The smallest absolute Gasteiger partial charge is 0.493 e. The Morgan fingerprint density at radius 2 is 1.85 bits per heavy atom. The number of pyridine rings is 2. The van der Waals surface area contributed by atoms with Gasteiger partial charge in [-0.05, 0) is 48.5 Å². The Labute approximate surface area is 239 Å². The van der Waals surface area contributed by atoms with Gasteiger partial charge in [-0.3, -0.25) is 4.79 Å². The van der Waals surface area contributed by atoms with Crippen molar-refractivity contribution in [3.8, 4) is 40.1 Å². The van der Waals surface area contributed by atoms with Gasteiger partial charge in [-0.2, -0.15) is 4.98 Å². The number of hydrogen-bond donors (Lipinski definition) is 2. The van der Waals surface area contributed by atoms with Gasteiger partial charge in [0.2, 0.25) is 11.8 Å². The lowest BCUT2D eigenvalue weighted by Crippen LogP contribution is -2.18. The van der Waals surface area contributed by atoms with Gasteiger partial charge in [0.05, 0.1) is 25.8 Å². The van der Waals surface area contributed by atoms with E-state index in [0.29, 0.717) is 59.0 Å². The van der Waals surface area contributed by atoms with Crippen LogP contribution in [0.2, 0.25) is 5.02 Å². The Balaban J connectivity index is 1.24. The zero-order chi connectivity index (χ0) is 28.9. The second kappa shape index (κ2) is 12.0. The zero-order valence-electron chi connectivity index (χ0n) is 21.9. The topological polar surface area (TPSA) is 138 Å². The number of carboxylic acid groups (broad SMARTS) is 1. The van der Waals surface area contributed by atoms with E-state index >= 15 is 0 Å². The van der Waals surface area contributed by atoms with Gasteiger partial charge in [0.1, 0.15) is 29.2 Å². The van der Waals surface area contributed by atoms with Crippen molar-refractivity contribution in [3.63, 3.8) is 0 Å². The van der Waals surface area contributed by atoms with Crippen molar-refractivity contribution in [2.24, 2.45) is 0 Å². The Morgan fingerprint density at radius 1 is 1.05 bits per heavy atom. The minimum absolute atomic E-state index is 0.257. The van der Waals surface area contributed by atoms with Crippen LogP contribution in [0.25, 0.3) is 11.1 Å². The lowest BCUT2D eigenvalue weighted by atomic mass is 10.0. The van der Waals surface area contributed by atoms with Crippen molar-refractivity contribution < 1.29 is 38.4 Å². The van der Waals surface area contributed by atoms with E-state index in [2.05, 4.69) is 15.3 Å². The van der Waals surface area contributed by atoms with Crippen molar-refractivity contribution in [3.05, 3.63) is 83.0 Å². The molecule has 0 radical (unpaired) electrons. The molecule has 1 aliphatic heterocycles. The largest absolute Gasteiger partial charge is 0.506 e. The normalized spacial score (nSPS) is 13.8. The Morgan fingerprint density at radius 3 is 2.54 bits per heavy atom. The molecule has 0 saturated heterocycles. The third kappa shape index (κ3) is 6.25. The molecular weight excluding hydrogens is 554 g/mol. The molecule has 1 unspecified atom stereocenters. The summed E-state index contributed by atoms with van der Waals surface area (Å²) >= 11 is 6.40. The van der Waals surface area contributed by atoms with Crippen LogP contribution < -0.4 is 24.3 Å². The molecule has 0 aliphatic carbocycles. The molecule has 4 aromatic rings. The van der Waals surface area contributed by atoms with E-state index in [-0.39, 0.29) is 10.9 Å². The van der Waals surface area contributed by atoms with E-state index in [0.717, 1.165) is 11.1 Å². The van der Waals surface area contributed by atoms with Crippen molar-refractivity contribution in [2.75, 3.05) is 26.1 Å². The fourth-order valence-electron chi connectivity index (χ4n) is 4.21. The van der Waals surface area contributed by atoms with Gasteiger partial charge in [0, 0.05) is 47.0 Å². The molecule has 0 fully saturated rings. The van der Waals surface area contributed by atoms with Crippen molar-refractivity contribution in [2.45, 2.75) is 12.5 Å². The summed E-state index contributed by atoms with van der Waals surface area (Å²) in [6.07, 6.45) is -0.0503. The highest BCUT2D eigenvalue weighted by Crippen LogP contribution is 2.42. The van der Waals surface area contributed by atoms with Crippen LogP contribution in [0.4, 0.5) is 10.6 Å². The molecule has 12 heteroatoms.